The van der Waals surface area contributed by atoms with Gasteiger partial charge in [0.15, 0.2) is 5.41 Å². The Hall–Kier alpha value is -0.750. The van der Waals surface area contributed by atoms with E-state index in [9.17, 15) is 26.3 Å². The molecule has 0 unspecified atom stereocenters. The van der Waals surface area contributed by atoms with Crippen molar-refractivity contribution in [3.8, 4) is 0 Å². The summed E-state index contributed by atoms with van der Waals surface area (Å²) in [6, 6.07) is 0. The molecule has 7 heteroatoms. The zero-order valence-electron chi connectivity index (χ0n) is 7.78. The lowest BCUT2D eigenvalue weighted by molar-refractivity contribution is -0.354. The van der Waals surface area contributed by atoms with Crippen molar-refractivity contribution >= 4 is 6.21 Å². The zero-order chi connectivity index (χ0) is 11.9. The number of alkyl halides is 6. The fourth-order valence-electron chi connectivity index (χ4n) is 1.75. The average molecular weight is 233 g/mol. The number of rotatable bonds is 0. The van der Waals surface area contributed by atoms with E-state index in [1.807, 2.05) is 0 Å². The van der Waals surface area contributed by atoms with Crippen LogP contribution in [0.3, 0.4) is 0 Å². The van der Waals surface area contributed by atoms with E-state index in [4.69, 9.17) is 0 Å². The molecule has 88 valence electrons. The van der Waals surface area contributed by atoms with Crippen molar-refractivity contribution in [1.82, 2.24) is 0 Å². The van der Waals surface area contributed by atoms with Crippen LogP contribution in [-0.2, 0) is 0 Å². The maximum Gasteiger partial charge on any atom is 0.403 e. The van der Waals surface area contributed by atoms with Crippen LogP contribution in [0.1, 0.15) is 13.3 Å². The summed E-state index contributed by atoms with van der Waals surface area (Å²) >= 11 is 0. The van der Waals surface area contributed by atoms with Gasteiger partial charge in [-0.1, -0.05) is 6.92 Å². The Kier molecular flexibility index (Phi) is 2.78. The SMILES string of the molecule is C[C@@H]1CN=CCC1(C(F)(F)F)C(F)(F)F. The molecular formula is C8H9F6N. The van der Waals surface area contributed by atoms with Crippen LogP contribution in [0.25, 0.3) is 0 Å². The van der Waals surface area contributed by atoms with Crippen LogP contribution in [0.5, 0.6) is 0 Å². The van der Waals surface area contributed by atoms with Crippen LogP contribution in [0.4, 0.5) is 26.3 Å². The van der Waals surface area contributed by atoms with Crippen molar-refractivity contribution in [3.63, 3.8) is 0 Å². The summed E-state index contributed by atoms with van der Waals surface area (Å²) in [5, 5.41) is 0. The molecule has 0 spiro atoms. The van der Waals surface area contributed by atoms with E-state index in [1.165, 1.54) is 0 Å². The zero-order valence-corrected chi connectivity index (χ0v) is 7.78. The Bertz CT molecular complexity index is 249. The minimum atomic E-state index is -5.29. The van der Waals surface area contributed by atoms with Gasteiger partial charge in [-0.05, 0) is 12.1 Å². The first kappa shape index (κ1) is 12.3. The molecule has 0 aromatic carbocycles. The van der Waals surface area contributed by atoms with E-state index in [0.29, 0.717) is 6.21 Å². The van der Waals surface area contributed by atoms with Gasteiger partial charge in [0.05, 0.1) is 0 Å². The molecule has 0 saturated heterocycles. The summed E-state index contributed by atoms with van der Waals surface area (Å²) in [5.74, 6) is -1.58. The molecule has 0 aromatic rings. The minimum absolute atomic E-state index is 0.445. The average Bonchev–Trinajstić information content (AvgIpc) is 2.00. The van der Waals surface area contributed by atoms with Gasteiger partial charge in [-0.3, -0.25) is 4.99 Å². The van der Waals surface area contributed by atoms with Crippen LogP contribution in [0.2, 0.25) is 0 Å². The fraction of sp³-hybridized carbons (Fsp3) is 0.875. The van der Waals surface area contributed by atoms with Crippen LogP contribution in [0.15, 0.2) is 4.99 Å². The molecule has 0 amide bonds. The van der Waals surface area contributed by atoms with Crippen LogP contribution in [-0.4, -0.2) is 25.1 Å². The first-order valence-electron chi connectivity index (χ1n) is 4.24. The summed E-state index contributed by atoms with van der Waals surface area (Å²) in [4.78, 5) is 3.46. The molecule has 0 radical (unpaired) electrons. The number of nitrogens with zero attached hydrogens (tertiary/aromatic N) is 1. The van der Waals surface area contributed by atoms with Gasteiger partial charge < -0.3 is 0 Å². The third kappa shape index (κ3) is 1.72. The van der Waals surface area contributed by atoms with E-state index in [2.05, 4.69) is 4.99 Å². The van der Waals surface area contributed by atoms with E-state index >= 15 is 0 Å². The molecule has 1 atom stereocenters. The van der Waals surface area contributed by atoms with Gasteiger partial charge in [0.1, 0.15) is 0 Å². The second kappa shape index (κ2) is 3.38. The Morgan fingerprint density at radius 1 is 1.13 bits per heavy atom. The number of hydrogen-bond acceptors (Lipinski definition) is 1. The normalized spacial score (nSPS) is 26.7. The fourth-order valence-corrected chi connectivity index (χ4v) is 1.75. The van der Waals surface area contributed by atoms with Crippen LogP contribution < -0.4 is 0 Å². The first-order valence-corrected chi connectivity index (χ1v) is 4.24. The highest BCUT2D eigenvalue weighted by molar-refractivity contribution is 5.60. The largest absolute Gasteiger partial charge is 0.403 e. The Labute approximate surface area is 82.2 Å². The van der Waals surface area contributed by atoms with Crippen molar-refractivity contribution in [3.05, 3.63) is 0 Å². The van der Waals surface area contributed by atoms with E-state index < -0.39 is 36.7 Å². The van der Waals surface area contributed by atoms with Gasteiger partial charge in [-0.2, -0.15) is 26.3 Å². The molecule has 15 heavy (non-hydrogen) atoms. The van der Waals surface area contributed by atoms with Crippen molar-refractivity contribution < 1.29 is 26.3 Å². The standard InChI is InChI=1S/C8H9F6N/c1-5-4-15-3-2-6(5,7(9,10)11)8(12,13)14/h3,5H,2,4H2,1H3/t5-/m1/s1. The Morgan fingerprint density at radius 2 is 1.60 bits per heavy atom. The van der Waals surface area contributed by atoms with Gasteiger partial charge in [-0.15, -0.1) is 0 Å². The smallest absolute Gasteiger partial charge is 0.297 e. The summed E-state index contributed by atoms with van der Waals surface area (Å²) in [6.07, 6.45) is -11.0. The topological polar surface area (TPSA) is 12.4 Å². The predicted octanol–water partition coefficient (Wildman–Crippen LogP) is 3.21. The number of halogens is 6. The van der Waals surface area contributed by atoms with Crippen molar-refractivity contribution in [2.45, 2.75) is 25.7 Å². The maximum absolute atomic E-state index is 12.6. The molecular weight excluding hydrogens is 224 g/mol. The lowest BCUT2D eigenvalue weighted by Crippen LogP contribution is -2.56. The van der Waals surface area contributed by atoms with E-state index in [0.717, 1.165) is 6.92 Å². The summed E-state index contributed by atoms with van der Waals surface area (Å²) < 4.78 is 75.4. The summed E-state index contributed by atoms with van der Waals surface area (Å²) in [7, 11) is 0. The third-order valence-electron chi connectivity index (χ3n) is 2.77. The second-order valence-electron chi connectivity index (χ2n) is 3.62. The highest BCUT2D eigenvalue weighted by Gasteiger charge is 2.72. The van der Waals surface area contributed by atoms with Crippen molar-refractivity contribution in [2.24, 2.45) is 16.3 Å². The third-order valence-corrected chi connectivity index (χ3v) is 2.77. The quantitative estimate of drug-likeness (QED) is 0.570. The molecule has 0 saturated carbocycles. The van der Waals surface area contributed by atoms with Gasteiger partial charge in [0.2, 0.25) is 0 Å². The highest BCUT2D eigenvalue weighted by atomic mass is 19.4. The molecule has 0 aliphatic carbocycles. The molecule has 0 aromatic heterocycles. The lowest BCUT2D eigenvalue weighted by Gasteiger charge is -2.42. The van der Waals surface area contributed by atoms with Gasteiger partial charge in [-0.25, -0.2) is 0 Å². The Balaban J connectivity index is 3.24. The van der Waals surface area contributed by atoms with Crippen molar-refractivity contribution in [1.29, 1.82) is 0 Å². The summed E-state index contributed by atoms with van der Waals surface area (Å²) in [6.45, 7) is 0.483. The monoisotopic (exact) mass is 233 g/mol. The first-order chi connectivity index (χ1) is 6.63. The van der Waals surface area contributed by atoms with Crippen LogP contribution in [0, 0.1) is 11.3 Å². The maximum atomic E-state index is 12.6. The van der Waals surface area contributed by atoms with E-state index in [1.54, 1.807) is 0 Å². The molecule has 0 fully saturated rings. The lowest BCUT2D eigenvalue weighted by atomic mass is 9.71. The number of aliphatic imine (C=N–C) groups is 1. The number of hydrogen-bond donors (Lipinski definition) is 0. The second-order valence-corrected chi connectivity index (χ2v) is 3.62. The molecule has 0 bridgehead atoms. The van der Waals surface area contributed by atoms with Gasteiger partial charge in [0.25, 0.3) is 0 Å². The summed E-state index contributed by atoms with van der Waals surface area (Å²) in [5.41, 5.74) is -3.64. The molecule has 1 aliphatic heterocycles. The molecule has 1 rings (SSSR count). The van der Waals surface area contributed by atoms with Crippen LogP contribution >= 0.6 is 0 Å². The Morgan fingerprint density at radius 3 is 1.87 bits per heavy atom. The van der Waals surface area contributed by atoms with Gasteiger partial charge in [0, 0.05) is 13.0 Å². The molecule has 0 N–H and O–H groups in total. The highest BCUT2D eigenvalue weighted by Crippen LogP contribution is 2.57. The van der Waals surface area contributed by atoms with E-state index in [-0.39, 0.29) is 0 Å². The predicted molar refractivity (Wildman–Crippen MR) is 41.7 cm³/mol. The van der Waals surface area contributed by atoms with Gasteiger partial charge >= 0.3 is 12.4 Å². The minimum Gasteiger partial charge on any atom is -0.297 e. The molecule has 1 aliphatic rings. The molecule has 1 nitrogen and oxygen atoms in total. The van der Waals surface area contributed by atoms with Crippen molar-refractivity contribution in [2.75, 3.05) is 6.54 Å². The molecule has 1 heterocycles.